The molecule has 0 aromatic heterocycles. The van der Waals surface area contributed by atoms with Crippen molar-refractivity contribution in [1.29, 1.82) is 0 Å². The topological polar surface area (TPSA) is 80.8 Å². The number of Topliss-reactive ketones (excluding diaryl/α,β-unsaturated/α-hetero) is 2. The molecule has 7 heteroatoms. The molecule has 0 bridgehead atoms. The Morgan fingerprint density at radius 1 is 0.897 bits per heavy atom. The van der Waals surface area contributed by atoms with Crippen molar-refractivity contribution in [3.8, 4) is 0 Å². The summed E-state index contributed by atoms with van der Waals surface area (Å²) in [4.78, 5) is 49.5. The lowest BCUT2D eigenvalue weighted by molar-refractivity contribution is -0.142. The monoisotopic (exact) mass is 413 g/mol. The Morgan fingerprint density at radius 2 is 1.52 bits per heavy atom. The van der Waals surface area contributed by atoms with Crippen molar-refractivity contribution in [2.45, 2.75) is 25.7 Å². The van der Waals surface area contributed by atoms with Gasteiger partial charge in [0.2, 0.25) is 5.91 Å². The zero-order valence-electron chi connectivity index (χ0n) is 15.7. The fourth-order valence-electron chi connectivity index (χ4n) is 3.05. The molecule has 0 unspecified atom stereocenters. The third-order valence-electron chi connectivity index (χ3n) is 4.66. The van der Waals surface area contributed by atoms with Gasteiger partial charge >= 0.3 is 5.97 Å². The number of halogens is 1. The molecule has 0 aliphatic carbocycles. The summed E-state index contributed by atoms with van der Waals surface area (Å²) in [7, 11) is 0. The average molecular weight is 414 g/mol. The Balaban J connectivity index is 1.44. The third kappa shape index (κ3) is 5.51. The van der Waals surface area contributed by atoms with Crippen LogP contribution in [0.15, 0.2) is 48.5 Å². The van der Waals surface area contributed by atoms with Crippen molar-refractivity contribution in [3.63, 3.8) is 0 Å². The molecule has 0 spiro atoms. The normalized spacial score (nSPS) is 13.4. The van der Waals surface area contributed by atoms with E-state index in [0.29, 0.717) is 29.1 Å². The standard InChI is InChI=1S/C22H20ClNO5/c23-17-7-3-15(4-8-17)19(25)11-12-22(28)29-14-20(26)16-5-9-18(10-6-16)24-13-1-2-21(24)27/h3-10H,1-2,11-14H2. The molecule has 29 heavy (non-hydrogen) atoms. The summed E-state index contributed by atoms with van der Waals surface area (Å²) in [6, 6.07) is 13.1. The van der Waals surface area contributed by atoms with Crippen LogP contribution in [0.1, 0.15) is 46.4 Å². The van der Waals surface area contributed by atoms with E-state index in [2.05, 4.69) is 0 Å². The van der Waals surface area contributed by atoms with Gasteiger partial charge in [0.1, 0.15) is 0 Å². The predicted octanol–water partition coefficient (Wildman–Crippen LogP) is 3.86. The fourth-order valence-corrected chi connectivity index (χ4v) is 3.17. The van der Waals surface area contributed by atoms with Crippen molar-refractivity contribution in [3.05, 3.63) is 64.7 Å². The number of esters is 1. The van der Waals surface area contributed by atoms with Crippen LogP contribution in [0.3, 0.4) is 0 Å². The minimum Gasteiger partial charge on any atom is -0.457 e. The first-order valence-corrected chi connectivity index (χ1v) is 9.70. The van der Waals surface area contributed by atoms with E-state index in [-0.39, 0.29) is 30.3 Å². The van der Waals surface area contributed by atoms with Crippen molar-refractivity contribution >= 4 is 40.7 Å². The summed E-state index contributed by atoms with van der Waals surface area (Å²) >= 11 is 5.78. The number of benzene rings is 2. The number of nitrogens with zero attached hydrogens (tertiary/aromatic N) is 1. The van der Waals surface area contributed by atoms with Crippen molar-refractivity contribution in [1.82, 2.24) is 0 Å². The molecule has 1 aliphatic heterocycles. The average Bonchev–Trinajstić information content (AvgIpc) is 3.16. The van der Waals surface area contributed by atoms with E-state index < -0.39 is 12.6 Å². The van der Waals surface area contributed by atoms with Gasteiger partial charge in [-0.15, -0.1) is 0 Å². The van der Waals surface area contributed by atoms with Crippen LogP contribution in [0.25, 0.3) is 0 Å². The maximum Gasteiger partial charge on any atom is 0.306 e. The Bertz CT molecular complexity index is 921. The van der Waals surface area contributed by atoms with Crippen molar-refractivity contribution in [2.75, 3.05) is 18.1 Å². The molecule has 1 saturated heterocycles. The molecule has 1 heterocycles. The molecule has 0 radical (unpaired) electrons. The molecule has 2 aromatic carbocycles. The zero-order chi connectivity index (χ0) is 20.8. The highest BCUT2D eigenvalue weighted by atomic mass is 35.5. The summed E-state index contributed by atoms with van der Waals surface area (Å²) in [5.41, 5.74) is 1.61. The van der Waals surface area contributed by atoms with Crippen LogP contribution in [-0.2, 0) is 14.3 Å². The Hall–Kier alpha value is -2.99. The van der Waals surface area contributed by atoms with Crippen LogP contribution in [0.4, 0.5) is 5.69 Å². The quantitative estimate of drug-likeness (QED) is 0.485. The largest absolute Gasteiger partial charge is 0.457 e. The van der Waals surface area contributed by atoms with E-state index >= 15 is 0 Å². The summed E-state index contributed by atoms with van der Waals surface area (Å²) < 4.78 is 4.98. The van der Waals surface area contributed by atoms with Gasteiger partial charge in [0, 0.05) is 41.2 Å². The Morgan fingerprint density at radius 3 is 2.14 bits per heavy atom. The van der Waals surface area contributed by atoms with Crippen LogP contribution in [0.2, 0.25) is 5.02 Å². The van der Waals surface area contributed by atoms with E-state index in [1.807, 2.05) is 0 Å². The van der Waals surface area contributed by atoms with Gasteiger partial charge in [0.05, 0.1) is 6.42 Å². The van der Waals surface area contributed by atoms with Gasteiger partial charge in [-0.05, 0) is 55.0 Å². The van der Waals surface area contributed by atoms with Crippen LogP contribution < -0.4 is 4.90 Å². The van der Waals surface area contributed by atoms with E-state index in [9.17, 15) is 19.2 Å². The SMILES string of the molecule is O=C(CCC(=O)c1ccc(Cl)cc1)OCC(=O)c1ccc(N2CCCC2=O)cc1. The maximum atomic E-state index is 12.2. The van der Waals surface area contributed by atoms with Crippen LogP contribution in [0, 0.1) is 0 Å². The number of carbonyl (C=O) groups is 4. The number of ketones is 2. The lowest BCUT2D eigenvalue weighted by atomic mass is 10.1. The second-order valence-corrected chi connectivity index (χ2v) is 7.15. The highest BCUT2D eigenvalue weighted by Gasteiger charge is 2.21. The molecule has 0 N–H and O–H groups in total. The van der Waals surface area contributed by atoms with Gasteiger partial charge in [-0.25, -0.2) is 0 Å². The van der Waals surface area contributed by atoms with Gasteiger partial charge in [-0.3, -0.25) is 19.2 Å². The number of rotatable bonds is 8. The molecule has 1 aliphatic rings. The summed E-state index contributed by atoms with van der Waals surface area (Å²) in [6.07, 6.45) is 1.26. The number of carbonyl (C=O) groups excluding carboxylic acids is 4. The third-order valence-corrected chi connectivity index (χ3v) is 4.91. The van der Waals surface area contributed by atoms with Crippen LogP contribution >= 0.6 is 11.6 Å². The number of hydrogen-bond acceptors (Lipinski definition) is 5. The second kappa shape index (κ2) is 9.47. The fraction of sp³-hybridized carbons (Fsp3) is 0.273. The smallest absolute Gasteiger partial charge is 0.306 e. The molecule has 150 valence electrons. The molecule has 3 rings (SSSR count). The maximum absolute atomic E-state index is 12.2. The minimum atomic E-state index is -0.611. The predicted molar refractivity (Wildman–Crippen MR) is 108 cm³/mol. The summed E-state index contributed by atoms with van der Waals surface area (Å²) in [6.45, 7) is 0.286. The molecule has 2 aromatic rings. The summed E-state index contributed by atoms with van der Waals surface area (Å²) in [5, 5.41) is 0.527. The molecule has 1 fully saturated rings. The molecule has 6 nitrogen and oxygen atoms in total. The summed E-state index contributed by atoms with van der Waals surface area (Å²) in [5.74, 6) is -1.08. The van der Waals surface area contributed by atoms with Gasteiger partial charge in [-0.2, -0.15) is 0 Å². The molecular weight excluding hydrogens is 394 g/mol. The van der Waals surface area contributed by atoms with E-state index in [4.69, 9.17) is 16.3 Å². The molecule has 0 saturated carbocycles. The minimum absolute atomic E-state index is 0.00673. The second-order valence-electron chi connectivity index (χ2n) is 6.71. The van der Waals surface area contributed by atoms with E-state index in [0.717, 1.165) is 12.1 Å². The highest BCUT2D eigenvalue weighted by molar-refractivity contribution is 6.30. The first-order chi connectivity index (χ1) is 13.9. The van der Waals surface area contributed by atoms with Crippen LogP contribution in [-0.4, -0.2) is 36.6 Å². The number of ether oxygens (including phenoxy) is 1. The van der Waals surface area contributed by atoms with Gasteiger partial charge < -0.3 is 9.64 Å². The Kier molecular flexibility index (Phi) is 6.77. The number of anilines is 1. The highest BCUT2D eigenvalue weighted by Crippen LogP contribution is 2.21. The lowest BCUT2D eigenvalue weighted by Gasteiger charge is -2.15. The molecule has 0 atom stereocenters. The first kappa shape index (κ1) is 20.7. The van der Waals surface area contributed by atoms with Crippen molar-refractivity contribution < 1.29 is 23.9 Å². The van der Waals surface area contributed by atoms with Gasteiger partial charge in [-0.1, -0.05) is 11.6 Å². The molecular formula is C22H20ClNO5. The molecule has 1 amide bonds. The van der Waals surface area contributed by atoms with Crippen LogP contribution in [0.5, 0.6) is 0 Å². The van der Waals surface area contributed by atoms with E-state index in [1.54, 1.807) is 53.4 Å². The number of amides is 1. The zero-order valence-corrected chi connectivity index (χ0v) is 16.5. The van der Waals surface area contributed by atoms with Gasteiger partial charge in [0.25, 0.3) is 0 Å². The first-order valence-electron chi connectivity index (χ1n) is 9.32. The number of hydrogen-bond donors (Lipinski definition) is 0. The lowest BCUT2D eigenvalue weighted by Crippen LogP contribution is -2.23. The Labute approximate surface area is 173 Å². The van der Waals surface area contributed by atoms with Gasteiger partial charge in [0.15, 0.2) is 18.2 Å². The van der Waals surface area contributed by atoms with Crippen molar-refractivity contribution in [2.24, 2.45) is 0 Å². The van der Waals surface area contributed by atoms with E-state index in [1.165, 1.54) is 0 Å².